The van der Waals surface area contributed by atoms with E-state index in [2.05, 4.69) is 15.0 Å². The molecule has 4 heteroatoms. The van der Waals surface area contributed by atoms with Crippen LogP contribution in [0.5, 0.6) is 0 Å². The Hall–Kier alpha value is -3.40. The third-order valence-corrected chi connectivity index (χ3v) is 3.88. The zero-order valence-corrected chi connectivity index (χ0v) is 12.9. The summed E-state index contributed by atoms with van der Waals surface area (Å²) in [7, 11) is 0. The lowest BCUT2D eigenvalue weighted by Crippen LogP contribution is -2.06. The normalized spacial score (nSPS) is 11.3. The first-order chi connectivity index (χ1) is 11.8. The minimum Gasteiger partial charge on any atom is -0.338 e. The van der Waals surface area contributed by atoms with Gasteiger partial charge in [-0.1, -0.05) is 48.5 Å². The van der Waals surface area contributed by atoms with E-state index in [1.807, 2.05) is 72.8 Å². The average Bonchev–Trinajstić information content (AvgIpc) is 3.10. The second-order valence-corrected chi connectivity index (χ2v) is 5.52. The van der Waals surface area contributed by atoms with Gasteiger partial charge in [0.15, 0.2) is 0 Å². The van der Waals surface area contributed by atoms with Crippen LogP contribution in [0, 0.1) is 0 Å². The molecule has 0 radical (unpaired) electrons. The molecule has 2 aromatic carbocycles. The number of pyridine rings is 1. The molecule has 0 saturated carbocycles. The van der Waals surface area contributed by atoms with Crippen molar-refractivity contribution in [3.8, 4) is 11.3 Å². The fourth-order valence-corrected chi connectivity index (χ4v) is 2.68. The molecule has 0 atom stereocenters. The van der Waals surface area contributed by atoms with Crippen molar-refractivity contribution < 1.29 is 0 Å². The second kappa shape index (κ2) is 6.01. The minimum absolute atomic E-state index is 0.0860. The summed E-state index contributed by atoms with van der Waals surface area (Å²) >= 11 is 0. The zero-order valence-electron chi connectivity index (χ0n) is 12.9. The molecular weight excluding hydrogens is 298 g/mol. The summed E-state index contributed by atoms with van der Waals surface area (Å²) in [5.41, 5.74) is 2.71. The highest BCUT2D eigenvalue weighted by Crippen LogP contribution is 2.17. The van der Waals surface area contributed by atoms with Crippen molar-refractivity contribution >= 4 is 22.9 Å². The molecule has 2 heterocycles. The molecular formula is C20H15N3O. The fraction of sp³-hybridized carbons (Fsp3) is 0. The van der Waals surface area contributed by atoms with Gasteiger partial charge in [-0.25, -0.2) is 4.98 Å². The maximum Gasteiger partial charge on any atom is 0.256 e. The molecule has 0 amide bonds. The highest BCUT2D eigenvalue weighted by Gasteiger charge is 2.01. The first kappa shape index (κ1) is 14.2. The summed E-state index contributed by atoms with van der Waals surface area (Å²) < 4.78 is 0. The monoisotopic (exact) mass is 313 g/mol. The lowest BCUT2D eigenvalue weighted by molar-refractivity contribution is 1.24. The van der Waals surface area contributed by atoms with Crippen LogP contribution < -0.4 is 5.56 Å². The number of imidazole rings is 1. The summed E-state index contributed by atoms with van der Waals surface area (Å²) in [4.78, 5) is 22.6. The van der Waals surface area contributed by atoms with Crippen molar-refractivity contribution in [2.75, 3.05) is 0 Å². The van der Waals surface area contributed by atoms with Gasteiger partial charge in [-0.05, 0) is 35.2 Å². The quantitative estimate of drug-likeness (QED) is 0.598. The number of aromatic amines is 2. The van der Waals surface area contributed by atoms with E-state index in [0.29, 0.717) is 5.39 Å². The first-order valence-corrected chi connectivity index (χ1v) is 7.70. The molecule has 24 heavy (non-hydrogen) atoms. The van der Waals surface area contributed by atoms with E-state index in [0.717, 1.165) is 28.2 Å². The van der Waals surface area contributed by atoms with Crippen LogP contribution in [0.25, 0.3) is 34.2 Å². The molecule has 4 nitrogen and oxygen atoms in total. The van der Waals surface area contributed by atoms with E-state index >= 15 is 0 Å². The summed E-state index contributed by atoms with van der Waals surface area (Å²) in [6, 6.07) is 19.5. The van der Waals surface area contributed by atoms with Gasteiger partial charge in [0.2, 0.25) is 0 Å². The van der Waals surface area contributed by atoms with Crippen LogP contribution in [0.2, 0.25) is 0 Å². The Morgan fingerprint density at radius 3 is 2.54 bits per heavy atom. The van der Waals surface area contributed by atoms with E-state index in [1.165, 1.54) is 0 Å². The Bertz CT molecular complexity index is 1070. The number of aromatic nitrogens is 3. The highest BCUT2D eigenvalue weighted by molar-refractivity contribution is 5.83. The SMILES string of the molecule is O=c1[nH]c(/C=C\c2ncc(-c3ccccc3)[nH]2)cc2ccccc12. The van der Waals surface area contributed by atoms with Gasteiger partial charge in [-0.2, -0.15) is 0 Å². The molecule has 4 aromatic rings. The zero-order chi connectivity index (χ0) is 16.4. The van der Waals surface area contributed by atoms with Crippen LogP contribution in [0.15, 0.2) is 71.7 Å². The van der Waals surface area contributed by atoms with Crippen molar-refractivity contribution in [2.24, 2.45) is 0 Å². The molecule has 0 aliphatic heterocycles. The fourth-order valence-electron chi connectivity index (χ4n) is 2.68. The van der Waals surface area contributed by atoms with E-state index < -0.39 is 0 Å². The summed E-state index contributed by atoms with van der Waals surface area (Å²) in [5.74, 6) is 0.739. The van der Waals surface area contributed by atoms with Crippen molar-refractivity contribution in [2.45, 2.75) is 0 Å². The molecule has 0 unspecified atom stereocenters. The van der Waals surface area contributed by atoms with Crippen LogP contribution in [0.4, 0.5) is 0 Å². The molecule has 2 N–H and O–H groups in total. The standard InChI is InChI=1S/C20H15N3O/c24-20-17-9-5-4-8-15(17)12-16(22-20)10-11-19-21-13-18(23-19)14-6-2-1-3-7-14/h1-13H,(H,21,23)(H,22,24)/b11-10-. The number of nitrogens with one attached hydrogen (secondary N) is 2. The molecule has 0 bridgehead atoms. The summed E-state index contributed by atoms with van der Waals surface area (Å²) in [6.45, 7) is 0. The van der Waals surface area contributed by atoms with Gasteiger partial charge >= 0.3 is 0 Å². The topological polar surface area (TPSA) is 61.5 Å². The molecule has 0 spiro atoms. The Kier molecular flexibility index (Phi) is 3.56. The predicted octanol–water partition coefficient (Wildman–Crippen LogP) is 4.09. The Morgan fingerprint density at radius 2 is 1.67 bits per heavy atom. The number of nitrogens with zero attached hydrogens (tertiary/aromatic N) is 1. The predicted molar refractivity (Wildman–Crippen MR) is 97.5 cm³/mol. The Morgan fingerprint density at radius 1 is 0.875 bits per heavy atom. The largest absolute Gasteiger partial charge is 0.338 e. The maximum atomic E-state index is 12.1. The maximum absolute atomic E-state index is 12.1. The molecule has 0 aliphatic carbocycles. The average molecular weight is 313 g/mol. The Labute approximate surface area is 138 Å². The van der Waals surface area contributed by atoms with Crippen LogP contribution >= 0.6 is 0 Å². The molecule has 116 valence electrons. The van der Waals surface area contributed by atoms with E-state index in [4.69, 9.17) is 0 Å². The molecule has 0 fully saturated rings. The van der Waals surface area contributed by atoms with Crippen molar-refractivity contribution in [3.63, 3.8) is 0 Å². The van der Waals surface area contributed by atoms with Gasteiger partial charge in [0, 0.05) is 11.1 Å². The number of hydrogen-bond acceptors (Lipinski definition) is 2. The lowest BCUT2D eigenvalue weighted by atomic mass is 10.1. The number of H-pyrrole nitrogens is 2. The minimum atomic E-state index is -0.0860. The first-order valence-electron chi connectivity index (χ1n) is 7.70. The molecule has 0 saturated heterocycles. The van der Waals surface area contributed by atoms with E-state index in [9.17, 15) is 4.79 Å². The summed E-state index contributed by atoms with van der Waals surface area (Å²) in [5, 5.41) is 1.62. The van der Waals surface area contributed by atoms with Gasteiger partial charge in [0.05, 0.1) is 11.9 Å². The van der Waals surface area contributed by atoms with Gasteiger partial charge in [-0.15, -0.1) is 0 Å². The van der Waals surface area contributed by atoms with Gasteiger partial charge < -0.3 is 9.97 Å². The molecule has 4 rings (SSSR count). The van der Waals surface area contributed by atoms with Crippen molar-refractivity contribution in [1.82, 2.24) is 15.0 Å². The third kappa shape index (κ3) is 2.77. The van der Waals surface area contributed by atoms with Gasteiger partial charge in [-0.3, -0.25) is 4.79 Å². The van der Waals surface area contributed by atoms with Crippen LogP contribution in [0.1, 0.15) is 11.5 Å². The lowest BCUT2D eigenvalue weighted by Gasteiger charge is -1.99. The van der Waals surface area contributed by atoms with E-state index in [-0.39, 0.29) is 5.56 Å². The van der Waals surface area contributed by atoms with Crippen LogP contribution in [0.3, 0.4) is 0 Å². The number of hydrogen-bond donors (Lipinski definition) is 2. The van der Waals surface area contributed by atoms with Crippen LogP contribution in [-0.4, -0.2) is 15.0 Å². The number of benzene rings is 2. The number of rotatable bonds is 3. The van der Waals surface area contributed by atoms with Gasteiger partial charge in [0.1, 0.15) is 5.82 Å². The van der Waals surface area contributed by atoms with Gasteiger partial charge in [0.25, 0.3) is 5.56 Å². The van der Waals surface area contributed by atoms with Crippen molar-refractivity contribution in [3.05, 3.63) is 88.7 Å². The number of fused-ring (bicyclic) bond motifs is 1. The third-order valence-electron chi connectivity index (χ3n) is 3.88. The Balaban J connectivity index is 1.64. The molecule has 0 aliphatic rings. The highest BCUT2D eigenvalue weighted by atomic mass is 16.1. The van der Waals surface area contributed by atoms with Crippen LogP contribution in [-0.2, 0) is 0 Å². The smallest absolute Gasteiger partial charge is 0.256 e. The van der Waals surface area contributed by atoms with E-state index in [1.54, 1.807) is 6.20 Å². The molecule has 2 aromatic heterocycles. The second-order valence-electron chi connectivity index (χ2n) is 5.52. The van der Waals surface area contributed by atoms with Crippen molar-refractivity contribution in [1.29, 1.82) is 0 Å². The summed E-state index contributed by atoms with van der Waals surface area (Å²) in [6.07, 6.45) is 5.51.